The van der Waals surface area contributed by atoms with Crippen LogP contribution in [0.2, 0.25) is 5.02 Å². The monoisotopic (exact) mass is 300 g/mol. The van der Waals surface area contributed by atoms with Crippen molar-refractivity contribution < 1.29 is 4.79 Å². The van der Waals surface area contributed by atoms with Crippen molar-refractivity contribution in [2.45, 2.75) is 12.8 Å². The van der Waals surface area contributed by atoms with Gasteiger partial charge in [-0.1, -0.05) is 29.8 Å². The van der Waals surface area contributed by atoms with Gasteiger partial charge in [-0.15, -0.1) is 0 Å². The second-order valence-electron chi connectivity index (χ2n) is 5.11. The van der Waals surface area contributed by atoms with E-state index in [0.717, 1.165) is 24.3 Å². The van der Waals surface area contributed by atoms with Crippen LogP contribution in [0, 0.1) is 0 Å². The van der Waals surface area contributed by atoms with Crippen molar-refractivity contribution >= 4 is 28.9 Å². The zero-order valence-electron chi connectivity index (χ0n) is 11.7. The third kappa shape index (κ3) is 3.19. The number of rotatable bonds is 4. The predicted molar refractivity (Wildman–Crippen MR) is 87.1 cm³/mol. The summed E-state index contributed by atoms with van der Waals surface area (Å²) in [6.45, 7) is 1.41. The molecule has 3 rings (SSSR count). The van der Waals surface area contributed by atoms with Crippen molar-refractivity contribution in [3.8, 4) is 0 Å². The van der Waals surface area contributed by atoms with Crippen molar-refractivity contribution in [2.75, 3.05) is 23.3 Å². The number of hydrogen-bond donors (Lipinski definition) is 1. The minimum absolute atomic E-state index is 0.168. The first-order valence-electron chi connectivity index (χ1n) is 7.12. The van der Waals surface area contributed by atoms with Gasteiger partial charge in [0.15, 0.2) is 0 Å². The largest absolute Gasteiger partial charge is 0.385 e. The van der Waals surface area contributed by atoms with Crippen LogP contribution >= 0.6 is 11.6 Å². The fourth-order valence-corrected chi connectivity index (χ4v) is 2.74. The Hall–Kier alpha value is -2.00. The summed E-state index contributed by atoms with van der Waals surface area (Å²) in [5.74, 6) is 0.168. The van der Waals surface area contributed by atoms with E-state index in [0.29, 0.717) is 18.0 Å². The lowest BCUT2D eigenvalue weighted by Crippen LogP contribution is -2.30. The Morgan fingerprint density at radius 1 is 1.14 bits per heavy atom. The molecule has 0 saturated heterocycles. The van der Waals surface area contributed by atoms with Crippen LogP contribution in [0.1, 0.15) is 12.0 Å². The number of nitrogens with zero attached hydrogens (tertiary/aromatic N) is 1. The fraction of sp³-hybridized carbons (Fsp3) is 0.235. The summed E-state index contributed by atoms with van der Waals surface area (Å²) in [6, 6.07) is 15.6. The summed E-state index contributed by atoms with van der Waals surface area (Å²) in [5.41, 5.74) is 3.31. The summed E-state index contributed by atoms with van der Waals surface area (Å²) in [5, 5.41) is 3.96. The van der Waals surface area contributed by atoms with Crippen LogP contribution in [0.3, 0.4) is 0 Å². The van der Waals surface area contributed by atoms with Crippen LogP contribution in [0.25, 0.3) is 0 Å². The minimum Gasteiger partial charge on any atom is -0.385 e. The Labute approximate surface area is 129 Å². The van der Waals surface area contributed by atoms with Crippen molar-refractivity contribution in [3.63, 3.8) is 0 Å². The van der Waals surface area contributed by atoms with E-state index in [9.17, 15) is 4.79 Å². The molecule has 1 amide bonds. The number of nitrogens with one attached hydrogen (secondary N) is 1. The first-order chi connectivity index (χ1) is 10.2. The summed E-state index contributed by atoms with van der Waals surface area (Å²) >= 11 is 5.84. The third-order valence-electron chi connectivity index (χ3n) is 3.70. The highest BCUT2D eigenvalue weighted by molar-refractivity contribution is 6.30. The fourth-order valence-electron chi connectivity index (χ4n) is 2.61. The molecule has 0 spiro atoms. The van der Waals surface area contributed by atoms with Crippen molar-refractivity contribution in [1.82, 2.24) is 0 Å². The van der Waals surface area contributed by atoms with Crippen molar-refractivity contribution in [3.05, 3.63) is 59.1 Å². The van der Waals surface area contributed by atoms with Crippen molar-refractivity contribution in [2.24, 2.45) is 0 Å². The van der Waals surface area contributed by atoms with Crippen LogP contribution < -0.4 is 10.2 Å². The molecule has 2 aromatic rings. The molecule has 0 aliphatic carbocycles. The topological polar surface area (TPSA) is 32.3 Å². The Morgan fingerprint density at radius 2 is 1.90 bits per heavy atom. The first-order valence-corrected chi connectivity index (χ1v) is 7.49. The van der Waals surface area contributed by atoms with Crippen LogP contribution in [0.5, 0.6) is 0 Å². The average Bonchev–Trinajstić information content (AvgIpc) is 2.93. The van der Waals surface area contributed by atoms with Crippen LogP contribution in [-0.4, -0.2) is 19.0 Å². The van der Waals surface area contributed by atoms with Crippen LogP contribution in [0.15, 0.2) is 48.5 Å². The SMILES string of the molecule is O=C(CCNc1ccc(Cl)cc1)N1CCc2ccccc21. The molecule has 21 heavy (non-hydrogen) atoms. The van der Waals surface area contributed by atoms with Gasteiger partial charge in [-0.05, 0) is 42.3 Å². The van der Waals surface area contributed by atoms with E-state index in [1.165, 1.54) is 5.56 Å². The lowest BCUT2D eigenvalue weighted by atomic mass is 10.2. The van der Waals surface area contributed by atoms with E-state index in [4.69, 9.17) is 11.6 Å². The van der Waals surface area contributed by atoms with E-state index in [1.54, 1.807) is 0 Å². The Morgan fingerprint density at radius 3 is 2.71 bits per heavy atom. The minimum atomic E-state index is 0.168. The van der Waals surface area contributed by atoms with E-state index < -0.39 is 0 Å². The number of amides is 1. The van der Waals surface area contributed by atoms with Gasteiger partial charge in [-0.3, -0.25) is 4.79 Å². The molecular formula is C17H17ClN2O. The summed E-state index contributed by atoms with van der Waals surface area (Å²) in [4.78, 5) is 14.2. The molecule has 1 heterocycles. The van der Waals surface area contributed by atoms with Gasteiger partial charge < -0.3 is 10.2 Å². The van der Waals surface area contributed by atoms with Gasteiger partial charge in [0.2, 0.25) is 5.91 Å². The Balaban J connectivity index is 1.54. The quantitative estimate of drug-likeness (QED) is 0.933. The molecule has 4 heteroatoms. The van der Waals surface area contributed by atoms with Gasteiger partial charge in [0.25, 0.3) is 0 Å². The maximum absolute atomic E-state index is 12.3. The van der Waals surface area contributed by atoms with E-state index in [1.807, 2.05) is 47.4 Å². The smallest absolute Gasteiger partial charge is 0.228 e. The summed E-state index contributed by atoms with van der Waals surface area (Å²) in [6.07, 6.45) is 1.43. The summed E-state index contributed by atoms with van der Waals surface area (Å²) < 4.78 is 0. The molecule has 0 aromatic heterocycles. The molecule has 3 nitrogen and oxygen atoms in total. The molecular weight excluding hydrogens is 284 g/mol. The number of anilines is 2. The van der Waals surface area contributed by atoms with Crippen LogP contribution in [0.4, 0.5) is 11.4 Å². The molecule has 0 radical (unpaired) electrons. The van der Waals surface area contributed by atoms with Crippen LogP contribution in [-0.2, 0) is 11.2 Å². The molecule has 108 valence electrons. The highest BCUT2D eigenvalue weighted by Gasteiger charge is 2.23. The number of para-hydroxylation sites is 1. The zero-order chi connectivity index (χ0) is 14.7. The van der Waals surface area contributed by atoms with E-state index >= 15 is 0 Å². The van der Waals surface area contributed by atoms with Gasteiger partial charge in [-0.25, -0.2) is 0 Å². The highest BCUT2D eigenvalue weighted by Crippen LogP contribution is 2.27. The summed E-state index contributed by atoms with van der Waals surface area (Å²) in [7, 11) is 0. The number of carbonyl (C=O) groups is 1. The third-order valence-corrected chi connectivity index (χ3v) is 3.95. The van der Waals surface area contributed by atoms with Gasteiger partial charge in [0.1, 0.15) is 0 Å². The number of fused-ring (bicyclic) bond motifs is 1. The molecule has 1 aliphatic rings. The maximum atomic E-state index is 12.3. The second-order valence-corrected chi connectivity index (χ2v) is 5.54. The average molecular weight is 301 g/mol. The van der Waals surface area contributed by atoms with E-state index in [-0.39, 0.29) is 5.91 Å². The molecule has 0 bridgehead atoms. The molecule has 0 saturated carbocycles. The predicted octanol–water partition coefficient (Wildman–Crippen LogP) is 3.73. The number of benzene rings is 2. The Kier molecular flexibility index (Phi) is 4.11. The number of halogens is 1. The molecule has 0 fully saturated rings. The second kappa shape index (κ2) is 6.19. The molecule has 1 N–H and O–H groups in total. The first kappa shape index (κ1) is 14.0. The number of hydrogen-bond acceptors (Lipinski definition) is 2. The van der Waals surface area contributed by atoms with Crippen molar-refractivity contribution in [1.29, 1.82) is 0 Å². The number of carbonyl (C=O) groups excluding carboxylic acids is 1. The van der Waals surface area contributed by atoms with E-state index in [2.05, 4.69) is 11.4 Å². The Bertz CT molecular complexity index is 639. The lowest BCUT2D eigenvalue weighted by molar-refractivity contribution is -0.118. The normalized spacial score (nSPS) is 13.1. The maximum Gasteiger partial charge on any atom is 0.228 e. The lowest BCUT2D eigenvalue weighted by Gasteiger charge is -2.17. The van der Waals surface area contributed by atoms with Gasteiger partial charge in [0.05, 0.1) is 0 Å². The van der Waals surface area contributed by atoms with Gasteiger partial charge in [-0.2, -0.15) is 0 Å². The highest BCUT2D eigenvalue weighted by atomic mass is 35.5. The zero-order valence-corrected chi connectivity index (χ0v) is 12.4. The molecule has 2 aromatic carbocycles. The molecule has 0 atom stereocenters. The molecule has 0 unspecified atom stereocenters. The van der Waals surface area contributed by atoms with Gasteiger partial charge >= 0.3 is 0 Å². The standard InChI is InChI=1S/C17H17ClN2O/c18-14-5-7-15(8-6-14)19-11-9-17(21)20-12-10-13-3-1-2-4-16(13)20/h1-8,19H,9-12H2. The van der Waals surface area contributed by atoms with Gasteiger partial charge in [0, 0.05) is 35.9 Å². The molecule has 1 aliphatic heterocycles.